The zero-order valence-corrected chi connectivity index (χ0v) is 12.7. The average Bonchev–Trinajstić information content (AvgIpc) is 2.92. The normalized spacial score (nSPS) is 32.6. The number of hydrogen-bond acceptors (Lipinski definition) is 1. The smallest absolute Gasteiger partial charge is 0.226 e. The maximum Gasteiger partial charge on any atom is 0.226 e. The molecule has 0 N–H and O–H groups in total. The molecule has 21 heavy (non-hydrogen) atoms. The summed E-state index contributed by atoms with van der Waals surface area (Å²) in [5.41, 5.74) is 1.35. The van der Waals surface area contributed by atoms with E-state index < -0.39 is 0 Å². The molecule has 2 nitrogen and oxygen atoms in total. The van der Waals surface area contributed by atoms with Crippen molar-refractivity contribution in [1.82, 2.24) is 4.90 Å². The monoisotopic (exact) mass is 283 g/mol. The van der Waals surface area contributed by atoms with Crippen LogP contribution in [-0.4, -0.2) is 23.4 Å². The van der Waals surface area contributed by atoms with E-state index in [4.69, 9.17) is 0 Å². The Kier molecular flexibility index (Phi) is 3.48. The lowest BCUT2D eigenvalue weighted by Crippen LogP contribution is -2.40. The van der Waals surface area contributed by atoms with Gasteiger partial charge in [-0.3, -0.25) is 4.79 Å². The predicted molar refractivity (Wildman–Crippen MR) is 84.0 cm³/mol. The molecule has 112 valence electrons. The number of nitrogens with zero attached hydrogens (tertiary/aromatic N) is 1. The SMILES string of the molecule is O=C(C1CC1c1ccccc1)N1CCCC1C1CCCC1. The number of carbonyl (C=O) groups is 1. The van der Waals surface area contributed by atoms with Crippen molar-refractivity contribution in [2.75, 3.05) is 6.54 Å². The van der Waals surface area contributed by atoms with Gasteiger partial charge in [-0.1, -0.05) is 43.2 Å². The van der Waals surface area contributed by atoms with Crippen molar-refractivity contribution in [3.8, 4) is 0 Å². The van der Waals surface area contributed by atoms with E-state index in [1.165, 1.54) is 44.1 Å². The second-order valence-electron chi connectivity index (χ2n) is 7.15. The molecule has 0 bridgehead atoms. The molecule has 1 aromatic rings. The van der Waals surface area contributed by atoms with Crippen molar-refractivity contribution in [2.45, 2.75) is 56.9 Å². The van der Waals surface area contributed by atoms with Gasteiger partial charge in [-0.25, -0.2) is 0 Å². The third-order valence-corrected chi connectivity index (χ3v) is 5.86. The molecule has 0 aromatic heterocycles. The lowest BCUT2D eigenvalue weighted by Gasteiger charge is -2.29. The predicted octanol–water partition coefficient (Wildman–Crippen LogP) is 3.97. The maximum absolute atomic E-state index is 12.9. The third-order valence-electron chi connectivity index (χ3n) is 5.86. The number of rotatable bonds is 3. The fourth-order valence-electron chi connectivity index (χ4n) is 4.65. The van der Waals surface area contributed by atoms with Gasteiger partial charge >= 0.3 is 0 Å². The molecule has 3 aliphatic rings. The zero-order valence-electron chi connectivity index (χ0n) is 12.7. The van der Waals surface area contributed by atoms with Crippen LogP contribution in [0.5, 0.6) is 0 Å². The molecule has 3 fully saturated rings. The van der Waals surface area contributed by atoms with Crippen LogP contribution in [0.3, 0.4) is 0 Å². The van der Waals surface area contributed by atoms with Crippen molar-refractivity contribution >= 4 is 5.91 Å². The van der Waals surface area contributed by atoms with Crippen LogP contribution in [0, 0.1) is 11.8 Å². The van der Waals surface area contributed by atoms with Crippen LogP contribution in [0.4, 0.5) is 0 Å². The van der Waals surface area contributed by atoms with E-state index in [0.717, 1.165) is 18.9 Å². The molecular formula is C19H25NO. The second-order valence-corrected chi connectivity index (χ2v) is 7.15. The largest absolute Gasteiger partial charge is 0.339 e. The molecule has 3 atom stereocenters. The highest BCUT2D eigenvalue weighted by Crippen LogP contribution is 2.49. The first-order valence-corrected chi connectivity index (χ1v) is 8.70. The molecule has 1 aromatic carbocycles. The van der Waals surface area contributed by atoms with Crippen molar-refractivity contribution in [3.63, 3.8) is 0 Å². The summed E-state index contributed by atoms with van der Waals surface area (Å²) in [5, 5.41) is 0. The minimum absolute atomic E-state index is 0.273. The third kappa shape index (κ3) is 2.49. The average molecular weight is 283 g/mol. The minimum atomic E-state index is 0.273. The van der Waals surface area contributed by atoms with E-state index in [2.05, 4.69) is 35.2 Å². The molecule has 1 heterocycles. The molecule has 3 unspecified atom stereocenters. The number of carbonyl (C=O) groups excluding carboxylic acids is 1. The van der Waals surface area contributed by atoms with Crippen LogP contribution in [-0.2, 0) is 4.79 Å². The Balaban J connectivity index is 1.43. The fourth-order valence-corrected chi connectivity index (χ4v) is 4.65. The summed E-state index contributed by atoms with van der Waals surface area (Å²) in [4.78, 5) is 15.2. The molecule has 2 saturated carbocycles. The van der Waals surface area contributed by atoms with Gasteiger partial charge in [0.1, 0.15) is 0 Å². The quantitative estimate of drug-likeness (QED) is 0.822. The van der Waals surface area contributed by atoms with Gasteiger partial charge in [0.05, 0.1) is 0 Å². The summed E-state index contributed by atoms with van der Waals surface area (Å²) in [5.74, 6) is 2.02. The summed E-state index contributed by atoms with van der Waals surface area (Å²) in [7, 11) is 0. The van der Waals surface area contributed by atoms with E-state index >= 15 is 0 Å². The molecular weight excluding hydrogens is 258 g/mol. The molecule has 4 rings (SSSR count). The van der Waals surface area contributed by atoms with Crippen molar-refractivity contribution in [2.24, 2.45) is 11.8 Å². The summed E-state index contributed by atoms with van der Waals surface area (Å²) in [6.07, 6.45) is 8.98. The van der Waals surface area contributed by atoms with Gasteiger partial charge in [0.15, 0.2) is 0 Å². The van der Waals surface area contributed by atoms with Crippen LogP contribution in [0.1, 0.15) is 56.4 Å². The molecule has 2 heteroatoms. The van der Waals surface area contributed by atoms with E-state index in [-0.39, 0.29) is 5.92 Å². The minimum Gasteiger partial charge on any atom is -0.339 e. The molecule has 1 aliphatic heterocycles. The Hall–Kier alpha value is -1.31. The molecule has 2 aliphatic carbocycles. The second kappa shape index (κ2) is 5.47. The van der Waals surface area contributed by atoms with Crippen LogP contribution < -0.4 is 0 Å². The van der Waals surface area contributed by atoms with Gasteiger partial charge in [-0.15, -0.1) is 0 Å². The number of amides is 1. The van der Waals surface area contributed by atoms with Gasteiger partial charge in [0.2, 0.25) is 5.91 Å². The number of benzene rings is 1. The number of hydrogen-bond donors (Lipinski definition) is 0. The lowest BCUT2D eigenvalue weighted by molar-refractivity contribution is -0.134. The molecule has 0 radical (unpaired) electrons. The zero-order chi connectivity index (χ0) is 14.2. The summed E-state index contributed by atoms with van der Waals surface area (Å²) < 4.78 is 0. The molecule has 1 amide bonds. The van der Waals surface area contributed by atoms with Crippen molar-refractivity contribution in [3.05, 3.63) is 35.9 Å². The Bertz CT molecular complexity index is 506. The summed E-state index contributed by atoms with van der Waals surface area (Å²) in [6, 6.07) is 11.2. The lowest BCUT2D eigenvalue weighted by atomic mass is 9.95. The van der Waals surface area contributed by atoms with E-state index in [0.29, 0.717) is 17.9 Å². The summed E-state index contributed by atoms with van der Waals surface area (Å²) >= 11 is 0. The standard InChI is InChI=1S/C19H25NO/c21-19(17-13-16(17)14-7-2-1-3-8-14)20-12-6-11-18(20)15-9-4-5-10-15/h1-3,7-8,15-18H,4-6,9-13H2. The first-order chi connectivity index (χ1) is 10.3. The Morgan fingerprint density at radius 2 is 1.76 bits per heavy atom. The molecule has 0 spiro atoms. The maximum atomic E-state index is 12.9. The highest BCUT2D eigenvalue weighted by atomic mass is 16.2. The first kappa shape index (κ1) is 13.4. The van der Waals surface area contributed by atoms with Crippen molar-refractivity contribution < 1.29 is 4.79 Å². The number of likely N-dealkylation sites (tertiary alicyclic amines) is 1. The van der Waals surface area contributed by atoms with Crippen LogP contribution >= 0.6 is 0 Å². The Labute approximate surface area is 127 Å². The summed E-state index contributed by atoms with van der Waals surface area (Å²) in [6.45, 7) is 1.01. The first-order valence-electron chi connectivity index (χ1n) is 8.70. The van der Waals surface area contributed by atoms with E-state index in [9.17, 15) is 4.79 Å². The Morgan fingerprint density at radius 3 is 2.52 bits per heavy atom. The highest BCUT2D eigenvalue weighted by Gasteiger charge is 2.48. The van der Waals surface area contributed by atoms with Crippen molar-refractivity contribution in [1.29, 1.82) is 0 Å². The van der Waals surface area contributed by atoms with Gasteiger partial charge in [0, 0.05) is 18.5 Å². The molecule has 1 saturated heterocycles. The Morgan fingerprint density at radius 1 is 1.00 bits per heavy atom. The highest BCUT2D eigenvalue weighted by molar-refractivity contribution is 5.83. The van der Waals surface area contributed by atoms with Crippen LogP contribution in [0.15, 0.2) is 30.3 Å². The van der Waals surface area contributed by atoms with E-state index in [1.807, 2.05) is 0 Å². The van der Waals surface area contributed by atoms with Gasteiger partial charge < -0.3 is 4.90 Å². The van der Waals surface area contributed by atoms with Crippen LogP contribution in [0.25, 0.3) is 0 Å². The van der Waals surface area contributed by atoms with Crippen LogP contribution in [0.2, 0.25) is 0 Å². The van der Waals surface area contributed by atoms with Gasteiger partial charge in [0.25, 0.3) is 0 Å². The van der Waals surface area contributed by atoms with E-state index in [1.54, 1.807) is 0 Å². The van der Waals surface area contributed by atoms with Gasteiger partial charge in [-0.2, -0.15) is 0 Å². The topological polar surface area (TPSA) is 20.3 Å². The van der Waals surface area contributed by atoms with Gasteiger partial charge in [-0.05, 0) is 49.5 Å². The fraction of sp³-hybridized carbons (Fsp3) is 0.632.